The monoisotopic (exact) mass is 828 g/mol. The third-order valence-corrected chi connectivity index (χ3v) is 7.81. The first-order chi connectivity index (χ1) is 28.1. The lowest BCUT2D eigenvalue weighted by Crippen LogP contribution is -2.47. The van der Waals surface area contributed by atoms with Crippen LogP contribution in [-0.4, -0.2) is 205 Å². The molecule has 20 nitrogen and oxygen atoms in total. The van der Waals surface area contributed by atoms with E-state index in [1.54, 1.807) is 40.6 Å². The Morgan fingerprint density at radius 2 is 0.707 bits per heavy atom. The van der Waals surface area contributed by atoms with Gasteiger partial charge in [0, 0.05) is 65.7 Å². The standard InChI is InChI=1S/C38H64N6O14/c1-6-30-23-31(37(49)43(26-33(45)39-7-11-55-19-15-51-2)27-34(46)40-8-12-56-20-16-52-3)25-32(24-30)38(50)44(28-35(47)41-9-13-57-21-17-53-4)29-36(48)42-10-14-58-22-18-54-5/h23-25H,6-22,26-29H2,1-5H3,(H,39,45)(H,40,46)(H,41,47)(H,42,48). The lowest BCUT2D eigenvalue weighted by Gasteiger charge is -2.24. The van der Waals surface area contributed by atoms with E-state index in [9.17, 15) is 28.8 Å². The Morgan fingerprint density at radius 3 is 0.948 bits per heavy atom. The van der Waals surface area contributed by atoms with Crippen LogP contribution in [0.3, 0.4) is 0 Å². The molecule has 0 fully saturated rings. The summed E-state index contributed by atoms with van der Waals surface area (Å²) in [6.07, 6.45) is 0.404. The van der Waals surface area contributed by atoms with Crippen molar-refractivity contribution in [2.24, 2.45) is 0 Å². The molecule has 0 heterocycles. The van der Waals surface area contributed by atoms with Crippen molar-refractivity contribution in [1.82, 2.24) is 31.1 Å². The molecular formula is C38H64N6O14. The van der Waals surface area contributed by atoms with Crippen LogP contribution in [0.1, 0.15) is 33.2 Å². The molecule has 0 saturated heterocycles. The molecule has 0 atom stereocenters. The number of carbonyl (C=O) groups is 6. The fourth-order valence-electron chi connectivity index (χ4n) is 4.85. The van der Waals surface area contributed by atoms with E-state index in [1.807, 2.05) is 6.92 Å². The highest BCUT2D eigenvalue weighted by molar-refractivity contribution is 6.03. The molecule has 0 spiro atoms. The summed E-state index contributed by atoms with van der Waals surface area (Å²) in [6.45, 7) is 4.20. The molecule has 4 N–H and O–H groups in total. The smallest absolute Gasteiger partial charge is 0.254 e. The van der Waals surface area contributed by atoms with E-state index < -0.39 is 61.6 Å². The van der Waals surface area contributed by atoms with Crippen LogP contribution in [-0.2, 0) is 63.5 Å². The van der Waals surface area contributed by atoms with Crippen molar-refractivity contribution in [2.45, 2.75) is 13.3 Å². The number of carbonyl (C=O) groups excluding carboxylic acids is 6. The van der Waals surface area contributed by atoms with Crippen molar-refractivity contribution in [1.29, 1.82) is 0 Å². The molecule has 1 aromatic rings. The van der Waals surface area contributed by atoms with Crippen LogP contribution < -0.4 is 21.3 Å². The minimum Gasteiger partial charge on any atom is -0.382 e. The molecule has 20 heteroatoms. The van der Waals surface area contributed by atoms with E-state index in [0.717, 1.165) is 9.80 Å². The number of nitrogens with one attached hydrogen (secondary N) is 4. The summed E-state index contributed by atoms with van der Waals surface area (Å²) in [6, 6.07) is 4.44. The minimum absolute atomic E-state index is 0.0179. The normalized spacial score (nSPS) is 10.8. The van der Waals surface area contributed by atoms with E-state index in [0.29, 0.717) is 64.8 Å². The zero-order valence-electron chi connectivity index (χ0n) is 34.7. The maximum atomic E-state index is 14.1. The van der Waals surface area contributed by atoms with Crippen LogP contribution in [0.2, 0.25) is 0 Å². The molecule has 0 aliphatic heterocycles. The van der Waals surface area contributed by atoms with Gasteiger partial charge in [-0.05, 0) is 30.2 Å². The summed E-state index contributed by atoms with van der Waals surface area (Å²) >= 11 is 0. The molecule has 0 saturated carbocycles. The second-order valence-corrected chi connectivity index (χ2v) is 12.4. The number of aryl methyl sites for hydroxylation is 1. The maximum Gasteiger partial charge on any atom is 0.254 e. The van der Waals surface area contributed by atoms with Crippen LogP contribution in [0, 0.1) is 0 Å². The van der Waals surface area contributed by atoms with Gasteiger partial charge in [0.25, 0.3) is 11.8 Å². The molecule has 1 rings (SSSR count). The highest BCUT2D eigenvalue weighted by atomic mass is 16.5. The third-order valence-electron chi connectivity index (χ3n) is 7.81. The second kappa shape index (κ2) is 33.7. The average molecular weight is 829 g/mol. The van der Waals surface area contributed by atoms with Crippen LogP contribution in [0.15, 0.2) is 18.2 Å². The van der Waals surface area contributed by atoms with E-state index in [-0.39, 0.29) is 63.7 Å². The summed E-state index contributed by atoms with van der Waals surface area (Å²) in [5.41, 5.74) is 0.619. The van der Waals surface area contributed by atoms with E-state index in [4.69, 9.17) is 37.9 Å². The van der Waals surface area contributed by atoms with Crippen molar-refractivity contribution in [2.75, 3.05) is 160 Å². The van der Waals surface area contributed by atoms with Gasteiger partial charge in [-0.15, -0.1) is 0 Å². The molecule has 0 unspecified atom stereocenters. The summed E-state index contributed by atoms with van der Waals surface area (Å²) in [5, 5.41) is 10.7. The Morgan fingerprint density at radius 1 is 0.431 bits per heavy atom. The SMILES string of the molecule is CCc1cc(C(=O)N(CC(=O)NCCOCCOC)CC(=O)NCCOCCOC)cc(C(=O)N(CC(=O)NCCOCCOC)CC(=O)NCCOCCOC)c1. The van der Waals surface area contributed by atoms with Crippen molar-refractivity contribution in [3.63, 3.8) is 0 Å². The van der Waals surface area contributed by atoms with E-state index in [1.165, 1.54) is 6.07 Å². The molecule has 330 valence electrons. The lowest BCUT2D eigenvalue weighted by molar-refractivity contribution is -0.126. The van der Waals surface area contributed by atoms with Crippen LogP contribution in [0.5, 0.6) is 0 Å². The molecule has 58 heavy (non-hydrogen) atoms. The Hall–Kier alpha value is -4.28. The van der Waals surface area contributed by atoms with Crippen LogP contribution >= 0.6 is 0 Å². The number of benzene rings is 1. The first-order valence-electron chi connectivity index (χ1n) is 19.2. The molecular weight excluding hydrogens is 764 g/mol. The molecule has 0 aliphatic rings. The predicted octanol–water partition coefficient (Wildman–Crippen LogP) is -1.75. The quantitative estimate of drug-likeness (QED) is 0.0557. The fourth-order valence-corrected chi connectivity index (χ4v) is 4.85. The van der Waals surface area contributed by atoms with Crippen molar-refractivity contribution < 1.29 is 66.7 Å². The summed E-state index contributed by atoms with van der Waals surface area (Å²) in [4.78, 5) is 82.3. The summed E-state index contributed by atoms with van der Waals surface area (Å²) in [7, 11) is 6.17. The van der Waals surface area contributed by atoms with Gasteiger partial charge in [-0.2, -0.15) is 0 Å². The number of amides is 6. The van der Waals surface area contributed by atoms with Gasteiger partial charge < -0.3 is 69.0 Å². The molecule has 0 radical (unpaired) electrons. The Bertz CT molecular complexity index is 1200. The first kappa shape index (κ1) is 51.7. The van der Waals surface area contributed by atoms with Gasteiger partial charge in [-0.25, -0.2) is 0 Å². The Balaban J connectivity index is 3.28. The van der Waals surface area contributed by atoms with E-state index >= 15 is 0 Å². The first-order valence-corrected chi connectivity index (χ1v) is 19.2. The molecule has 1 aromatic carbocycles. The van der Waals surface area contributed by atoms with Gasteiger partial charge >= 0.3 is 0 Å². The van der Waals surface area contributed by atoms with Crippen molar-refractivity contribution >= 4 is 35.4 Å². The molecule has 0 aliphatic carbocycles. The van der Waals surface area contributed by atoms with Gasteiger partial charge in [0.05, 0.1) is 79.3 Å². The van der Waals surface area contributed by atoms with Crippen LogP contribution in [0.25, 0.3) is 0 Å². The molecule has 0 aromatic heterocycles. The van der Waals surface area contributed by atoms with Gasteiger partial charge in [0.15, 0.2) is 0 Å². The number of hydrogen-bond acceptors (Lipinski definition) is 14. The second-order valence-electron chi connectivity index (χ2n) is 12.4. The largest absolute Gasteiger partial charge is 0.382 e. The molecule has 6 amide bonds. The minimum atomic E-state index is -0.702. The molecule has 0 bridgehead atoms. The van der Waals surface area contributed by atoms with Crippen molar-refractivity contribution in [3.8, 4) is 0 Å². The van der Waals surface area contributed by atoms with Crippen LogP contribution in [0.4, 0.5) is 0 Å². The van der Waals surface area contributed by atoms with Gasteiger partial charge in [0.1, 0.15) is 26.2 Å². The number of hydrogen-bond donors (Lipinski definition) is 4. The number of ether oxygens (including phenoxy) is 8. The van der Waals surface area contributed by atoms with E-state index in [2.05, 4.69) is 21.3 Å². The fraction of sp³-hybridized carbons (Fsp3) is 0.684. The third kappa shape index (κ3) is 24.5. The van der Waals surface area contributed by atoms with Gasteiger partial charge in [-0.3, -0.25) is 28.8 Å². The Kier molecular flexibility index (Phi) is 30.0. The zero-order valence-corrected chi connectivity index (χ0v) is 34.7. The zero-order chi connectivity index (χ0) is 42.8. The summed E-state index contributed by atoms with van der Waals surface area (Å²) in [5.74, 6) is -3.58. The maximum absolute atomic E-state index is 14.1. The number of rotatable bonds is 35. The topological polar surface area (TPSA) is 231 Å². The highest BCUT2D eigenvalue weighted by Gasteiger charge is 2.26. The summed E-state index contributed by atoms with van der Waals surface area (Å²) < 4.78 is 41.3. The predicted molar refractivity (Wildman–Crippen MR) is 210 cm³/mol. The average Bonchev–Trinajstić information content (AvgIpc) is 3.21. The van der Waals surface area contributed by atoms with Gasteiger partial charge in [-0.1, -0.05) is 6.92 Å². The Labute approximate surface area is 341 Å². The number of nitrogens with zero attached hydrogens (tertiary/aromatic N) is 2. The lowest BCUT2D eigenvalue weighted by atomic mass is 10.0. The number of methoxy groups -OCH3 is 4. The highest BCUT2D eigenvalue weighted by Crippen LogP contribution is 2.16. The van der Waals surface area contributed by atoms with Gasteiger partial charge in [0.2, 0.25) is 23.6 Å². The van der Waals surface area contributed by atoms with Crippen molar-refractivity contribution in [3.05, 3.63) is 34.9 Å².